The molecule has 7 heteroatoms. The van der Waals surface area contributed by atoms with E-state index >= 15 is 0 Å². The van der Waals surface area contributed by atoms with Gasteiger partial charge < -0.3 is 19.3 Å². The molecule has 1 aromatic carbocycles. The van der Waals surface area contributed by atoms with E-state index in [2.05, 4.69) is 44.0 Å². The maximum Gasteiger partial charge on any atom is 0.272 e. The molecule has 2 aliphatic rings. The third-order valence-electron chi connectivity index (χ3n) is 7.90. The van der Waals surface area contributed by atoms with Crippen LogP contribution in [0.5, 0.6) is 0 Å². The monoisotopic (exact) mass is 644 g/mol. The molecule has 46 heavy (non-hydrogen) atoms. The Balaban J connectivity index is 0. The zero-order chi connectivity index (χ0) is 35.9. The predicted molar refractivity (Wildman–Crippen MR) is 196 cm³/mol. The minimum atomic E-state index is -0.305. The lowest BCUT2D eigenvalue weighted by molar-refractivity contribution is -0.125. The summed E-state index contributed by atoms with van der Waals surface area (Å²) in [6.45, 7) is 25.0. The van der Waals surface area contributed by atoms with Gasteiger partial charge in [0.05, 0.1) is 0 Å². The number of allylic oxidation sites excluding steroid dienone is 3. The lowest BCUT2D eigenvalue weighted by Crippen LogP contribution is -2.43. The van der Waals surface area contributed by atoms with Crippen molar-refractivity contribution in [2.75, 3.05) is 27.8 Å². The van der Waals surface area contributed by atoms with Gasteiger partial charge in [-0.2, -0.15) is 0 Å². The number of carbonyl (C=O) groups is 2. The molecule has 1 saturated heterocycles. The van der Waals surface area contributed by atoms with Crippen molar-refractivity contribution in [1.82, 2.24) is 9.80 Å². The minimum absolute atomic E-state index is 0.0264. The second kappa shape index (κ2) is 25.1. The van der Waals surface area contributed by atoms with Gasteiger partial charge in [-0.1, -0.05) is 93.4 Å². The van der Waals surface area contributed by atoms with Crippen molar-refractivity contribution in [3.05, 3.63) is 65.4 Å². The first-order valence-corrected chi connectivity index (χ1v) is 17.3. The van der Waals surface area contributed by atoms with Gasteiger partial charge in [0.15, 0.2) is 0 Å². The van der Waals surface area contributed by atoms with Crippen molar-refractivity contribution in [3.8, 4) is 0 Å². The van der Waals surface area contributed by atoms with Gasteiger partial charge in [0, 0.05) is 50.5 Å². The summed E-state index contributed by atoms with van der Waals surface area (Å²) in [4.78, 5) is 32.3. The molecular formula is C39H66FN3O3. The molecule has 1 amide bonds. The zero-order valence-electron chi connectivity index (χ0n) is 31.6. The van der Waals surface area contributed by atoms with Crippen LogP contribution in [0.3, 0.4) is 0 Å². The fourth-order valence-corrected chi connectivity index (χ4v) is 4.94. The van der Waals surface area contributed by atoms with Crippen LogP contribution in [0.1, 0.15) is 125 Å². The molecule has 0 N–H and O–H groups in total. The molecule has 0 radical (unpaired) electrons. The maximum atomic E-state index is 14.4. The summed E-state index contributed by atoms with van der Waals surface area (Å²) in [5, 5.41) is 0. The van der Waals surface area contributed by atoms with Gasteiger partial charge in [-0.15, -0.1) is 0 Å². The smallest absolute Gasteiger partial charge is 0.272 e. The number of hydrogen-bond donors (Lipinski definition) is 0. The number of ether oxygens (including phenoxy) is 1. The predicted octanol–water partition coefficient (Wildman–Crippen LogP) is 10.2. The quantitative estimate of drug-likeness (QED) is 0.265. The highest BCUT2D eigenvalue weighted by Crippen LogP contribution is 2.27. The van der Waals surface area contributed by atoms with E-state index in [0.717, 1.165) is 75.5 Å². The Morgan fingerprint density at radius 2 is 1.74 bits per heavy atom. The summed E-state index contributed by atoms with van der Waals surface area (Å²) >= 11 is 0. The number of carbonyl (C=O) groups excluding carboxylic acids is 2. The van der Waals surface area contributed by atoms with Crippen LogP contribution in [0.2, 0.25) is 0 Å². The molecule has 0 saturated carbocycles. The summed E-state index contributed by atoms with van der Waals surface area (Å²) < 4.78 is 18.7. The van der Waals surface area contributed by atoms with E-state index in [4.69, 9.17) is 0 Å². The molecule has 2 aliphatic heterocycles. The number of methoxy groups -OCH3 is 1. The van der Waals surface area contributed by atoms with Crippen molar-refractivity contribution in [1.29, 1.82) is 0 Å². The minimum Gasteiger partial charge on any atom is -0.388 e. The Labute approximate surface area is 281 Å². The summed E-state index contributed by atoms with van der Waals surface area (Å²) in [5.41, 5.74) is 3.24. The third-order valence-corrected chi connectivity index (χ3v) is 7.90. The van der Waals surface area contributed by atoms with E-state index in [1.807, 2.05) is 70.5 Å². The number of amides is 1. The fraction of sp³-hybridized carbons (Fsp3) is 0.615. The van der Waals surface area contributed by atoms with Crippen molar-refractivity contribution < 1.29 is 18.7 Å². The van der Waals surface area contributed by atoms with E-state index in [-0.39, 0.29) is 23.2 Å². The van der Waals surface area contributed by atoms with Crippen LogP contribution in [0.15, 0.2) is 53.4 Å². The molecule has 2 atom stereocenters. The number of rotatable bonds is 8. The zero-order valence-corrected chi connectivity index (χ0v) is 31.6. The first-order valence-electron chi connectivity index (χ1n) is 17.3. The number of aliphatic imine (C=N–C) groups is 1. The largest absolute Gasteiger partial charge is 0.388 e. The number of aldehydes is 1. The molecule has 1 aromatic rings. The van der Waals surface area contributed by atoms with Crippen LogP contribution in [0, 0.1) is 18.2 Å². The van der Waals surface area contributed by atoms with Gasteiger partial charge in [0.2, 0.25) is 0 Å². The Morgan fingerprint density at radius 1 is 1.13 bits per heavy atom. The normalized spacial score (nSPS) is 17.8. The van der Waals surface area contributed by atoms with Gasteiger partial charge in [0.1, 0.15) is 23.6 Å². The summed E-state index contributed by atoms with van der Waals surface area (Å²) in [7, 11) is 5.17. The highest BCUT2D eigenvalue weighted by molar-refractivity contribution is 6.43. The van der Waals surface area contributed by atoms with Gasteiger partial charge in [-0.25, -0.2) is 9.38 Å². The van der Waals surface area contributed by atoms with Crippen LogP contribution in [-0.4, -0.2) is 61.6 Å². The van der Waals surface area contributed by atoms with Crippen LogP contribution in [-0.2, 0) is 14.3 Å². The topological polar surface area (TPSA) is 62.2 Å². The van der Waals surface area contributed by atoms with Gasteiger partial charge in [-0.3, -0.25) is 4.79 Å². The number of likely N-dealkylation sites (tertiary alicyclic amines) is 1. The summed E-state index contributed by atoms with van der Waals surface area (Å²) in [5.74, 6) is 0.270. The van der Waals surface area contributed by atoms with Gasteiger partial charge in [-0.05, 0) is 75.3 Å². The number of halogens is 1. The second-order valence-corrected chi connectivity index (χ2v) is 11.5. The van der Waals surface area contributed by atoms with Crippen LogP contribution >= 0.6 is 0 Å². The number of aryl methyl sites for hydroxylation is 1. The van der Waals surface area contributed by atoms with Gasteiger partial charge in [0.25, 0.3) is 5.91 Å². The van der Waals surface area contributed by atoms with Crippen LogP contribution in [0.25, 0.3) is 5.57 Å². The summed E-state index contributed by atoms with van der Waals surface area (Å²) in [6, 6.07) is 5.31. The molecule has 3 rings (SSSR count). The first kappa shape index (κ1) is 45.1. The molecule has 2 heterocycles. The highest BCUT2D eigenvalue weighted by Gasteiger charge is 2.28. The molecule has 1 fully saturated rings. The molecule has 262 valence electrons. The average Bonchev–Trinajstić information content (AvgIpc) is 3.28. The molecule has 0 aliphatic carbocycles. The molecular weight excluding hydrogens is 577 g/mol. The maximum absolute atomic E-state index is 14.4. The lowest BCUT2D eigenvalue weighted by atomic mass is 9.85. The first-order chi connectivity index (χ1) is 21.9. The molecule has 6 nitrogen and oxygen atoms in total. The van der Waals surface area contributed by atoms with Crippen LogP contribution < -0.4 is 0 Å². The third kappa shape index (κ3) is 15.0. The van der Waals surface area contributed by atoms with E-state index in [9.17, 15) is 14.0 Å². The van der Waals surface area contributed by atoms with E-state index in [1.165, 1.54) is 6.07 Å². The summed E-state index contributed by atoms with van der Waals surface area (Å²) in [6.07, 6.45) is 12.9. The molecule has 0 spiro atoms. The Kier molecular flexibility index (Phi) is 24.6. The number of benzene rings is 1. The number of nitrogens with zero attached hydrogens (tertiary/aromatic N) is 3. The van der Waals surface area contributed by atoms with Crippen molar-refractivity contribution in [2.45, 2.75) is 127 Å². The molecule has 2 unspecified atom stereocenters. The number of hydrogen-bond acceptors (Lipinski definition) is 5. The lowest BCUT2D eigenvalue weighted by Gasteiger charge is -2.31. The Hall–Kier alpha value is -3.06. The van der Waals surface area contributed by atoms with Crippen molar-refractivity contribution in [2.24, 2.45) is 10.4 Å². The van der Waals surface area contributed by atoms with Crippen LogP contribution in [0.4, 0.5) is 4.39 Å². The molecule has 0 bridgehead atoms. The molecule has 0 aromatic heterocycles. The van der Waals surface area contributed by atoms with E-state index in [0.29, 0.717) is 22.7 Å². The van der Waals surface area contributed by atoms with E-state index in [1.54, 1.807) is 26.4 Å². The SMILES string of the molecule is C=C(/C=C1/N=C(C(=O)N2CCCCCC2C)C=C(CC)N1C)c1ccc(C)cc1F.CC.CC.CCCC(C)(C=O)CC.COC. The Morgan fingerprint density at radius 3 is 2.22 bits per heavy atom. The standard InChI is InChI=1S/C25H32FN3O.C8H16O.C2H6O.2C2H6/c1-6-20-16-23(25(30)29-13-9-7-8-10-19(29)4)27-24(28(20)5)15-18(3)21-12-11-17(2)14-22(21)26;1-4-6-8(3,5-2)7-9;1-3-2;2*1-2/h11-12,14-16,19H,3,6-10,13H2,1-2,4-5H3;7H,4-6H2,1-3H3;1-2H3;2*1-2H3/b24-15-;;;;. The van der Waals surface area contributed by atoms with Crippen molar-refractivity contribution in [3.63, 3.8) is 0 Å². The highest BCUT2D eigenvalue weighted by atomic mass is 19.1. The fourth-order valence-electron chi connectivity index (χ4n) is 4.94. The Bertz CT molecular complexity index is 1140. The second-order valence-electron chi connectivity index (χ2n) is 11.5. The van der Waals surface area contributed by atoms with Crippen molar-refractivity contribution >= 4 is 23.5 Å². The van der Waals surface area contributed by atoms with E-state index < -0.39 is 0 Å². The van der Waals surface area contributed by atoms with Gasteiger partial charge >= 0.3 is 0 Å². The average molecular weight is 644 g/mol.